The Hall–Kier alpha value is -0.440. The van der Waals surface area contributed by atoms with Gasteiger partial charge in [-0.05, 0) is 12.3 Å². The molecule has 0 aliphatic heterocycles. The maximum atomic E-state index is 11.0. The second-order valence-corrected chi connectivity index (χ2v) is 7.01. The van der Waals surface area contributed by atoms with Crippen LogP contribution in [0, 0.1) is 5.92 Å². The third kappa shape index (κ3) is 7.48. The number of rotatable bonds is 7. The average molecular weight is 286 g/mol. The molecule has 2 N–H and O–H groups in total. The fourth-order valence-electron chi connectivity index (χ4n) is 1.32. The van der Waals surface area contributed by atoms with E-state index in [-0.39, 0.29) is 0 Å². The molecule has 0 bridgehead atoms. The van der Waals surface area contributed by atoms with Crippen LogP contribution in [0.4, 0.5) is 0 Å². The smallest absolute Gasteiger partial charge is 0.269 e. The maximum Gasteiger partial charge on any atom is 0.269 e. The molecule has 8 heteroatoms. The van der Waals surface area contributed by atoms with Gasteiger partial charge in [-0.25, -0.2) is 0 Å². The van der Waals surface area contributed by atoms with Crippen LogP contribution >= 0.6 is 0 Å². The van der Waals surface area contributed by atoms with Gasteiger partial charge in [-0.3, -0.25) is 9.11 Å². The quantitative estimate of drug-likeness (QED) is 0.536. The van der Waals surface area contributed by atoms with Gasteiger partial charge < -0.3 is 0 Å². The lowest BCUT2D eigenvalue weighted by atomic mass is 10.1. The van der Waals surface area contributed by atoms with Crippen molar-refractivity contribution in [3.63, 3.8) is 0 Å². The Bertz CT molecular complexity index is 448. The lowest BCUT2D eigenvalue weighted by Crippen LogP contribution is -2.34. The highest BCUT2D eigenvalue weighted by Crippen LogP contribution is 2.16. The lowest BCUT2D eigenvalue weighted by molar-refractivity contribution is 0.444. The van der Waals surface area contributed by atoms with Gasteiger partial charge in [0, 0.05) is 0 Å². The molecule has 0 heterocycles. The number of hydrogen-bond donors (Lipinski definition) is 2. The number of unbranched alkanes of at least 4 members (excludes halogenated alkanes) is 1. The molecule has 0 saturated carbocycles. The van der Waals surface area contributed by atoms with E-state index >= 15 is 0 Å². The molecule has 0 fully saturated rings. The van der Waals surface area contributed by atoms with Crippen LogP contribution in [-0.4, -0.2) is 36.9 Å². The van der Waals surface area contributed by atoms with Gasteiger partial charge in [0.1, 0.15) is 5.25 Å². The molecule has 0 aromatic rings. The summed E-state index contributed by atoms with van der Waals surface area (Å²) in [6.45, 7) is 3.41. The summed E-state index contributed by atoms with van der Waals surface area (Å²) in [5, 5.41) is -1.55. The molecule has 102 valence electrons. The van der Waals surface area contributed by atoms with Crippen molar-refractivity contribution < 1.29 is 25.9 Å². The van der Waals surface area contributed by atoms with Crippen molar-refractivity contribution in [2.45, 2.75) is 31.9 Å². The molecule has 0 spiro atoms. The van der Waals surface area contributed by atoms with Crippen LogP contribution in [0.2, 0.25) is 0 Å². The van der Waals surface area contributed by atoms with Crippen LogP contribution in [0.25, 0.3) is 0 Å². The Morgan fingerprint density at radius 3 is 2.06 bits per heavy atom. The van der Waals surface area contributed by atoms with Gasteiger partial charge in [-0.1, -0.05) is 32.4 Å². The van der Waals surface area contributed by atoms with E-state index in [2.05, 4.69) is 0 Å². The van der Waals surface area contributed by atoms with Crippen molar-refractivity contribution in [2.24, 2.45) is 5.92 Å². The van der Waals surface area contributed by atoms with E-state index in [9.17, 15) is 16.8 Å². The van der Waals surface area contributed by atoms with Gasteiger partial charge in [-0.15, -0.1) is 0 Å². The van der Waals surface area contributed by atoms with E-state index in [0.29, 0.717) is 0 Å². The first-order valence-corrected chi connectivity index (χ1v) is 8.27. The third-order valence-electron chi connectivity index (χ3n) is 2.24. The number of hydrogen-bond acceptors (Lipinski definition) is 4. The van der Waals surface area contributed by atoms with Gasteiger partial charge in [0.25, 0.3) is 20.2 Å². The van der Waals surface area contributed by atoms with Crippen LogP contribution in [0.1, 0.15) is 26.7 Å². The minimum absolute atomic E-state index is 0.696. The van der Waals surface area contributed by atoms with Gasteiger partial charge in [0.05, 0.1) is 5.75 Å². The zero-order valence-electron chi connectivity index (χ0n) is 9.77. The van der Waals surface area contributed by atoms with Crippen LogP contribution < -0.4 is 0 Å². The predicted octanol–water partition coefficient (Wildman–Crippen LogP) is 1.12. The van der Waals surface area contributed by atoms with Crippen molar-refractivity contribution in [1.82, 2.24) is 0 Å². The van der Waals surface area contributed by atoms with Crippen molar-refractivity contribution >= 4 is 20.2 Å². The molecule has 2 unspecified atom stereocenters. The number of allylic oxidation sites excluding steroid dienone is 2. The zero-order chi connectivity index (χ0) is 13.7. The van der Waals surface area contributed by atoms with Gasteiger partial charge in [0.2, 0.25) is 0 Å². The van der Waals surface area contributed by atoms with E-state index in [1.807, 2.05) is 6.92 Å². The maximum absolute atomic E-state index is 11.0. The van der Waals surface area contributed by atoms with E-state index in [1.54, 1.807) is 6.08 Å². The molecule has 0 aliphatic carbocycles. The summed E-state index contributed by atoms with van der Waals surface area (Å²) in [5.41, 5.74) is 0. The van der Waals surface area contributed by atoms with Crippen LogP contribution in [0.5, 0.6) is 0 Å². The third-order valence-corrected chi connectivity index (χ3v) is 4.59. The molecular formula is C9H18O6S2. The Labute approximate surface area is 102 Å². The highest BCUT2D eigenvalue weighted by molar-refractivity contribution is 7.90. The van der Waals surface area contributed by atoms with Crippen molar-refractivity contribution in [1.29, 1.82) is 0 Å². The molecule has 0 rings (SSSR count). The standard InChI is InChI=1S/C9H18O6S2/c1-3-4-5-6-8(2)9(17(13,14)15)7-16(10,11)12/h5-6,8-9H,3-4,7H2,1-2H3,(H,10,11,12)(H,13,14,15)/b6-5+. The molecule has 0 aromatic carbocycles. The molecule has 0 radical (unpaired) electrons. The summed E-state index contributed by atoms with van der Waals surface area (Å²) in [7, 11) is -8.98. The summed E-state index contributed by atoms with van der Waals surface area (Å²) in [4.78, 5) is 0. The second-order valence-electron chi connectivity index (χ2n) is 3.88. The first-order chi connectivity index (χ1) is 7.58. The van der Waals surface area contributed by atoms with Crippen molar-refractivity contribution in [3.8, 4) is 0 Å². The van der Waals surface area contributed by atoms with Crippen LogP contribution in [0.15, 0.2) is 12.2 Å². The van der Waals surface area contributed by atoms with Gasteiger partial charge >= 0.3 is 0 Å². The summed E-state index contributed by atoms with van der Waals surface area (Å²) in [6, 6.07) is 0. The minimum Gasteiger partial charge on any atom is -0.286 e. The SMILES string of the molecule is CCC/C=C/C(C)C(CS(=O)(=O)O)S(=O)(=O)O. The molecule has 0 amide bonds. The average Bonchev–Trinajstić information content (AvgIpc) is 2.11. The van der Waals surface area contributed by atoms with E-state index in [4.69, 9.17) is 9.11 Å². The van der Waals surface area contributed by atoms with E-state index in [1.165, 1.54) is 13.0 Å². The topological polar surface area (TPSA) is 109 Å². The fourth-order valence-corrected chi connectivity index (χ4v) is 3.87. The summed E-state index contributed by atoms with van der Waals surface area (Å²) in [6.07, 6.45) is 4.84. The largest absolute Gasteiger partial charge is 0.286 e. The Morgan fingerprint density at radius 1 is 1.18 bits per heavy atom. The molecule has 0 aromatic heterocycles. The van der Waals surface area contributed by atoms with Gasteiger partial charge in [0.15, 0.2) is 0 Å². The lowest BCUT2D eigenvalue weighted by Gasteiger charge is -2.16. The Balaban J connectivity index is 4.95. The van der Waals surface area contributed by atoms with Gasteiger partial charge in [-0.2, -0.15) is 16.8 Å². The Kier molecular flexibility index (Phi) is 6.31. The highest BCUT2D eigenvalue weighted by Gasteiger charge is 2.32. The predicted molar refractivity (Wildman–Crippen MR) is 65.0 cm³/mol. The monoisotopic (exact) mass is 286 g/mol. The minimum atomic E-state index is -4.52. The zero-order valence-corrected chi connectivity index (χ0v) is 11.4. The second kappa shape index (κ2) is 6.48. The van der Waals surface area contributed by atoms with E-state index in [0.717, 1.165) is 12.8 Å². The van der Waals surface area contributed by atoms with Crippen molar-refractivity contribution in [2.75, 3.05) is 5.75 Å². The highest BCUT2D eigenvalue weighted by atomic mass is 32.2. The molecule has 17 heavy (non-hydrogen) atoms. The summed E-state index contributed by atoms with van der Waals surface area (Å²) in [5.74, 6) is -1.71. The Morgan fingerprint density at radius 2 is 1.71 bits per heavy atom. The van der Waals surface area contributed by atoms with Crippen LogP contribution in [0.3, 0.4) is 0 Å². The summed E-state index contributed by atoms with van der Waals surface area (Å²) >= 11 is 0. The molecular weight excluding hydrogens is 268 g/mol. The molecule has 6 nitrogen and oxygen atoms in total. The normalized spacial score (nSPS) is 17.2. The molecule has 2 atom stereocenters. The first-order valence-electron chi connectivity index (χ1n) is 5.16. The van der Waals surface area contributed by atoms with Crippen molar-refractivity contribution in [3.05, 3.63) is 12.2 Å². The molecule has 0 aliphatic rings. The summed E-state index contributed by atoms with van der Waals surface area (Å²) < 4.78 is 61.0. The molecule has 0 saturated heterocycles. The van der Waals surface area contributed by atoms with Crippen LogP contribution in [-0.2, 0) is 20.2 Å². The fraction of sp³-hybridized carbons (Fsp3) is 0.778. The van der Waals surface area contributed by atoms with E-state index < -0.39 is 37.2 Å². The first kappa shape index (κ1) is 16.6.